The average molecular weight is 203 g/mol. The normalized spacial score (nSPS) is 16.9. The van der Waals surface area contributed by atoms with Crippen LogP contribution in [0.5, 0.6) is 0 Å². The standard InChI is InChI=1S/C13H17NO/c1-10-6-7-12(9-14-10)13(15)8-11-4-2-3-5-11/h6-7,9,11H,2-5,8H2,1H3. The van der Waals surface area contributed by atoms with Crippen molar-refractivity contribution in [2.45, 2.75) is 39.0 Å². The van der Waals surface area contributed by atoms with Crippen molar-refractivity contribution >= 4 is 5.78 Å². The predicted octanol–water partition coefficient (Wildman–Crippen LogP) is 3.15. The van der Waals surface area contributed by atoms with Crippen LogP contribution >= 0.6 is 0 Å². The molecule has 0 unspecified atom stereocenters. The zero-order valence-electron chi connectivity index (χ0n) is 9.20. The molecule has 1 aromatic heterocycles. The quantitative estimate of drug-likeness (QED) is 0.706. The fourth-order valence-electron chi connectivity index (χ4n) is 2.23. The Morgan fingerprint density at radius 3 is 2.73 bits per heavy atom. The highest BCUT2D eigenvalue weighted by atomic mass is 16.1. The maximum absolute atomic E-state index is 11.9. The highest BCUT2D eigenvalue weighted by molar-refractivity contribution is 5.95. The molecule has 0 aromatic carbocycles. The van der Waals surface area contributed by atoms with Gasteiger partial charge in [0.15, 0.2) is 5.78 Å². The van der Waals surface area contributed by atoms with E-state index in [0.29, 0.717) is 12.3 Å². The van der Waals surface area contributed by atoms with Crippen LogP contribution in [0.1, 0.15) is 48.2 Å². The number of pyridine rings is 1. The monoisotopic (exact) mass is 203 g/mol. The second kappa shape index (κ2) is 4.56. The second-order valence-corrected chi connectivity index (χ2v) is 4.47. The molecule has 1 aromatic rings. The third-order valence-corrected chi connectivity index (χ3v) is 3.18. The number of rotatable bonds is 3. The molecule has 2 rings (SSSR count). The predicted molar refractivity (Wildman–Crippen MR) is 59.9 cm³/mol. The summed E-state index contributed by atoms with van der Waals surface area (Å²) in [4.78, 5) is 16.0. The molecule has 1 saturated carbocycles. The van der Waals surface area contributed by atoms with Crippen molar-refractivity contribution in [1.29, 1.82) is 0 Å². The fourth-order valence-corrected chi connectivity index (χ4v) is 2.23. The van der Waals surface area contributed by atoms with Crippen LogP contribution in [0.15, 0.2) is 18.3 Å². The van der Waals surface area contributed by atoms with Crippen molar-refractivity contribution < 1.29 is 4.79 Å². The van der Waals surface area contributed by atoms with Gasteiger partial charge in [-0.15, -0.1) is 0 Å². The zero-order valence-corrected chi connectivity index (χ0v) is 9.20. The highest BCUT2D eigenvalue weighted by Crippen LogP contribution is 2.28. The summed E-state index contributed by atoms with van der Waals surface area (Å²) >= 11 is 0. The molecular weight excluding hydrogens is 186 g/mol. The summed E-state index contributed by atoms with van der Waals surface area (Å²) in [6, 6.07) is 3.79. The van der Waals surface area contributed by atoms with E-state index in [9.17, 15) is 4.79 Å². The van der Waals surface area contributed by atoms with Crippen LogP contribution in [-0.2, 0) is 0 Å². The first-order valence-corrected chi connectivity index (χ1v) is 5.71. The van der Waals surface area contributed by atoms with Gasteiger partial charge in [0.05, 0.1) is 0 Å². The van der Waals surface area contributed by atoms with Gasteiger partial charge in [0.2, 0.25) is 0 Å². The number of aryl methyl sites for hydroxylation is 1. The summed E-state index contributed by atoms with van der Waals surface area (Å²) in [5.74, 6) is 0.883. The molecule has 0 bridgehead atoms. The number of nitrogens with zero attached hydrogens (tertiary/aromatic N) is 1. The molecule has 0 atom stereocenters. The summed E-state index contributed by atoms with van der Waals surface area (Å²) in [6.07, 6.45) is 7.46. The van der Waals surface area contributed by atoms with Crippen LogP contribution in [0.4, 0.5) is 0 Å². The Labute approximate surface area is 90.7 Å². The van der Waals surface area contributed by atoms with Gasteiger partial charge in [-0.05, 0) is 25.0 Å². The Morgan fingerprint density at radius 1 is 1.40 bits per heavy atom. The minimum atomic E-state index is 0.259. The third-order valence-electron chi connectivity index (χ3n) is 3.18. The third kappa shape index (κ3) is 2.65. The van der Waals surface area contributed by atoms with E-state index in [1.807, 2.05) is 19.1 Å². The number of aromatic nitrogens is 1. The summed E-state index contributed by atoms with van der Waals surface area (Å²) < 4.78 is 0. The maximum atomic E-state index is 11.9. The Morgan fingerprint density at radius 2 is 2.13 bits per heavy atom. The lowest BCUT2D eigenvalue weighted by Gasteiger charge is -2.07. The molecule has 0 amide bonds. The molecule has 80 valence electrons. The Hall–Kier alpha value is -1.18. The molecule has 15 heavy (non-hydrogen) atoms. The van der Waals surface area contributed by atoms with Crippen LogP contribution in [0.25, 0.3) is 0 Å². The highest BCUT2D eigenvalue weighted by Gasteiger charge is 2.19. The van der Waals surface area contributed by atoms with Gasteiger partial charge in [-0.2, -0.15) is 0 Å². The molecule has 1 aliphatic rings. The smallest absolute Gasteiger partial charge is 0.164 e. The first kappa shape index (κ1) is 10.3. The minimum Gasteiger partial charge on any atom is -0.294 e. The average Bonchev–Trinajstić information content (AvgIpc) is 2.71. The Bertz CT molecular complexity index is 336. The van der Waals surface area contributed by atoms with Crippen molar-refractivity contribution in [2.75, 3.05) is 0 Å². The lowest BCUT2D eigenvalue weighted by Crippen LogP contribution is -2.06. The molecule has 0 N–H and O–H groups in total. The van der Waals surface area contributed by atoms with E-state index >= 15 is 0 Å². The SMILES string of the molecule is Cc1ccc(C(=O)CC2CCCC2)cn1. The number of Topliss-reactive ketones (excluding diaryl/α,β-unsaturated/α-hetero) is 1. The van der Waals surface area contributed by atoms with E-state index in [2.05, 4.69) is 4.98 Å². The molecule has 1 aliphatic carbocycles. The van der Waals surface area contributed by atoms with Gasteiger partial charge >= 0.3 is 0 Å². The van der Waals surface area contributed by atoms with Crippen LogP contribution in [0.3, 0.4) is 0 Å². The molecule has 2 nitrogen and oxygen atoms in total. The maximum Gasteiger partial charge on any atom is 0.164 e. The van der Waals surface area contributed by atoms with Gasteiger partial charge in [0.1, 0.15) is 0 Å². The van der Waals surface area contributed by atoms with Crippen molar-refractivity contribution in [3.8, 4) is 0 Å². The topological polar surface area (TPSA) is 30.0 Å². The van der Waals surface area contributed by atoms with Gasteiger partial charge < -0.3 is 0 Å². The van der Waals surface area contributed by atoms with Crippen molar-refractivity contribution in [3.05, 3.63) is 29.6 Å². The van der Waals surface area contributed by atoms with E-state index in [4.69, 9.17) is 0 Å². The van der Waals surface area contributed by atoms with Crippen molar-refractivity contribution in [2.24, 2.45) is 5.92 Å². The molecule has 0 saturated heterocycles. The van der Waals surface area contributed by atoms with E-state index in [1.54, 1.807) is 6.20 Å². The molecule has 1 fully saturated rings. The van der Waals surface area contributed by atoms with Crippen LogP contribution in [-0.4, -0.2) is 10.8 Å². The first-order chi connectivity index (χ1) is 7.25. The number of ketones is 1. The molecule has 0 aliphatic heterocycles. The van der Waals surface area contributed by atoms with Crippen LogP contribution in [0, 0.1) is 12.8 Å². The number of carbonyl (C=O) groups excluding carboxylic acids is 1. The van der Waals surface area contributed by atoms with Gasteiger partial charge in [0, 0.05) is 23.9 Å². The first-order valence-electron chi connectivity index (χ1n) is 5.71. The van der Waals surface area contributed by atoms with Gasteiger partial charge in [0.25, 0.3) is 0 Å². The van der Waals surface area contributed by atoms with Crippen LogP contribution < -0.4 is 0 Å². The molecule has 2 heteroatoms. The molecule has 1 heterocycles. The summed E-state index contributed by atoms with van der Waals surface area (Å²) in [5.41, 5.74) is 1.74. The largest absolute Gasteiger partial charge is 0.294 e. The van der Waals surface area contributed by atoms with E-state index < -0.39 is 0 Å². The Kier molecular flexibility index (Phi) is 3.14. The summed E-state index contributed by atoms with van der Waals surface area (Å²) in [5, 5.41) is 0. The molecule has 0 radical (unpaired) electrons. The van der Waals surface area contributed by atoms with Crippen molar-refractivity contribution in [1.82, 2.24) is 4.98 Å². The summed E-state index contributed by atoms with van der Waals surface area (Å²) in [6.45, 7) is 1.94. The van der Waals surface area contributed by atoms with Gasteiger partial charge in [-0.1, -0.05) is 25.7 Å². The number of hydrogen-bond acceptors (Lipinski definition) is 2. The van der Waals surface area contributed by atoms with Crippen LogP contribution in [0.2, 0.25) is 0 Å². The van der Waals surface area contributed by atoms with Crippen molar-refractivity contribution in [3.63, 3.8) is 0 Å². The summed E-state index contributed by atoms with van der Waals surface area (Å²) in [7, 11) is 0. The Balaban J connectivity index is 1.98. The minimum absolute atomic E-state index is 0.259. The fraction of sp³-hybridized carbons (Fsp3) is 0.538. The van der Waals surface area contributed by atoms with E-state index in [-0.39, 0.29) is 5.78 Å². The number of carbonyl (C=O) groups is 1. The van der Waals surface area contributed by atoms with Gasteiger partial charge in [-0.3, -0.25) is 9.78 Å². The molecule has 0 spiro atoms. The number of hydrogen-bond donors (Lipinski definition) is 0. The second-order valence-electron chi connectivity index (χ2n) is 4.47. The van der Waals surface area contributed by atoms with Gasteiger partial charge in [-0.25, -0.2) is 0 Å². The molecular formula is C13H17NO. The zero-order chi connectivity index (χ0) is 10.7. The van der Waals surface area contributed by atoms with E-state index in [1.165, 1.54) is 25.7 Å². The van der Waals surface area contributed by atoms with E-state index in [0.717, 1.165) is 11.3 Å². The lowest BCUT2D eigenvalue weighted by molar-refractivity contribution is 0.0962. The lowest BCUT2D eigenvalue weighted by atomic mass is 9.98.